The lowest BCUT2D eigenvalue weighted by atomic mass is 9.54. The highest BCUT2D eigenvalue weighted by atomic mass is 28.4. The second-order valence-corrected chi connectivity index (χ2v) is 15.3. The lowest BCUT2D eigenvalue weighted by Gasteiger charge is -2.55. The van der Waals surface area contributed by atoms with Crippen LogP contribution in [-0.2, 0) is 18.7 Å². The first-order valence-corrected chi connectivity index (χ1v) is 13.3. The number of fused-ring (bicyclic) bond motifs is 1. The van der Waals surface area contributed by atoms with E-state index in [0.717, 1.165) is 12.8 Å². The second-order valence-electron chi connectivity index (χ2n) is 10.6. The smallest absolute Gasteiger partial charge is 0.192 e. The highest BCUT2D eigenvalue weighted by Crippen LogP contribution is 2.61. The van der Waals surface area contributed by atoms with Gasteiger partial charge in [-0.05, 0) is 43.0 Å². The van der Waals surface area contributed by atoms with Gasteiger partial charge in [0.1, 0.15) is 6.79 Å². The van der Waals surface area contributed by atoms with Gasteiger partial charge in [-0.1, -0.05) is 46.3 Å². The quantitative estimate of drug-likeness (QED) is 0.230. The van der Waals surface area contributed by atoms with Gasteiger partial charge >= 0.3 is 0 Å². The number of rotatable bonds is 8. The zero-order chi connectivity index (χ0) is 21.4. The Morgan fingerprint density at radius 1 is 1.36 bits per heavy atom. The lowest BCUT2D eigenvalue weighted by Crippen LogP contribution is -2.55. The molecule has 0 amide bonds. The number of hydrogen-bond acceptors (Lipinski definition) is 4. The third-order valence-corrected chi connectivity index (χ3v) is 12.1. The number of hydrogen-bond donors (Lipinski definition) is 0. The van der Waals surface area contributed by atoms with Crippen LogP contribution in [-0.4, -0.2) is 40.7 Å². The average Bonchev–Trinajstić information content (AvgIpc) is 2.89. The molecule has 0 aromatic heterocycles. The summed E-state index contributed by atoms with van der Waals surface area (Å²) in [5, 5.41) is 0.142. The molecule has 4 atom stereocenters. The van der Waals surface area contributed by atoms with Gasteiger partial charge in [-0.3, -0.25) is 4.79 Å². The van der Waals surface area contributed by atoms with Crippen LogP contribution >= 0.6 is 0 Å². The van der Waals surface area contributed by atoms with E-state index >= 15 is 0 Å². The Hall–Kier alpha value is -0.753. The molecule has 5 heteroatoms. The van der Waals surface area contributed by atoms with Crippen LogP contribution < -0.4 is 0 Å². The molecule has 1 fully saturated rings. The minimum Gasteiger partial charge on any atom is -0.414 e. The number of ether oxygens (including phenoxy) is 2. The van der Waals surface area contributed by atoms with E-state index in [9.17, 15) is 4.79 Å². The topological polar surface area (TPSA) is 44.8 Å². The second kappa shape index (κ2) is 8.17. The van der Waals surface area contributed by atoms with Gasteiger partial charge in [-0.15, -0.1) is 6.58 Å². The summed E-state index contributed by atoms with van der Waals surface area (Å²) in [4.78, 5) is 12.6. The number of ketones is 1. The van der Waals surface area contributed by atoms with Crippen LogP contribution in [0.1, 0.15) is 53.9 Å². The predicted octanol–water partition coefficient (Wildman–Crippen LogP) is 5.51. The third-order valence-electron chi connectivity index (χ3n) is 7.55. The van der Waals surface area contributed by atoms with Crippen molar-refractivity contribution < 1.29 is 18.7 Å². The number of allylic oxidation sites excluding steroid dienone is 2. The molecule has 2 aliphatic carbocycles. The molecule has 160 valence electrons. The van der Waals surface area contributed by atoms with Gasteiger partial charge in [0.2, 0.25) is 0 Å². The molecule has 0 bridgehead atoms. The number of carbonyl (C=O) groups excluding carboxylic acids is 1. The van der Waals surface area contributed by atoms with E-state index < -0.39 is 8.32 Å². The Morgan fingerprint density at radius 2 is 2.00 bits per heavy atom. The molecule has 0 spiro atoms. The Balaban J connectivity index is 2.46. The Bertz CT molecular complexity index is 633. The van der Waals surface area contributed by atoms with Crippen molar-refractivity contribution in [3.05, 3.63) is 24.3 Å². The molecule has 0 saturated heterocycles. The maximum atomic E-state index is 12.6. The van der Waals surface area contributed by atoms with Crippen molar-refractivity contribution in [2.24, 2.45) is 16.7 Å². The Kier molecular flexibility index (Phi) is 6.87. The fraction of sp³-hybridized carbons (Fsp3) is 0.783. The van der Waals surface area contributed by atoms with Gasteiger partial charge in [0.15, 0.2) is 14.1 Å². The summed E-state index contributed by atoms with van der Waals surface area (Å²) in [5.74, 6) is 0.462. The molecule has 0 N–H and O–H groups in total. The van der Waals surface area contributed by atoms with E-state index in [1.165, 1.54) is 5.57 Å². The first-order valence-electron chi connectivity index (χ1n) is 10.4. The maximum absolute atomic E-state index is 12.6. The van der Waals surface area contributed by atoms with E-state index in [4.69, 9.17) is 13.9 Å². The molecule has 0 unspecified atom stereocenters. The molecule has 0 aromatic rings. The van der Waals surface area contributed by atoms with Crippen LogP contribution in [0, 0.1) is 16.7 Å². The normalized spacial score (nSPS) is 33.6. The van der Waals surface area contributed by atoms with Crippen molar-refractivity contribution in [1.82, 2.24) is 0 Å². The fourth-order valence-corrected chi connectivity index (χ4v) is 6.15. The van der Waals surface area contributed by atoms with Gasteiger partial charge in [-0.2, -0.15) is 0 Å². The number of carbonyl (C=O) groups is 1. The largest absolute Gasteiger partial charge is 0.414 e. The standard InChI is InChI=1S/C23H40O4Si/c1-10-11-23-13-18(24)12-20(23)22(6,15-26-16-25-7)17(2)19(14-23)27-28(8,9)21(3,4)5/h10,12,17,19H,1,11,13-16H2,2-9H3/t17-,19-,22-,23-/m0/s1. The molecule has 0 aromatic carbocycles. The summed E-state index contributed by atoms with van der Waals surface area (Å²) in [7, 11) is -0.312. The van der Waals surface area contributed by atoms with Crippen molar-refractivity contribution in [2.45, 2.75) is 78.1 Å². The van der Waals surface area contributed by atoms with Crippen LogP contribution in [0.5, 0.6) is 0 Å². The molecule has 0 aliphatic heterocycles. The molecule has 0 heterocycles. The summed E-state index contributed by atoms with van der Waals surface area (Å²) in [6.45, 7) is 20.7. The Morgan fingerprint density at radius 3 is 2.54 bits per heavy atom. The molecule has 4 nitrogen and oxygen atoms in total. The zero-order valence-corrected chi connectivity index (χ0v) is 20.2. The summed E-state index contributed by atoms with van der Waals surface area (Å²) in [5.41, 5.74) is 0.770. The highest BCUT2D eigenvalue weighted by molar-refractivity contribution is 6.74. The fourth-order valence-electron chi connectivity index (χ4n) is 4.75. The summed E-state index contributed by atoms with van der Waals surface area (Å²) in [6, 6.07) is 0. The maximum Gasteiger partial charge on any atom is 0.192 e. The van der Waals surface area contributed by atoms with Crippen LogP contribution in [0.3, 0.4) is 0 Å². The minimum atomic E-state index is -1.95. The molecule has 28 heavy (non-hydrogen) atoms. The monoisotopic (exact) mass is 408 g/mol. The van der Waals surface area contributed by atoms with Crippen LogP contribution in [0.25, 0.3) is 0 Å². The van der Waals surface area contributed by atoms with Crippen LogP contribution in [0.15, 0.2) is 24.3 Å². The van der Waals surface area contributed by atoms with E-state index in [0.29, 0.717) is 13.0 Å². The average molecular weight is 409 g/mol. The zero-order valence-electron chi connectivity index (χ0n) is 19.2. The molecule has 2 rings (SSSR count). The van der Waals surface area contributed by atoms with Gasteiger partial charge in [0.25, 0.3) is 0 Å². The van der Waals surface area contributed by atoms with Crippen molar-refractivity contribution in [2.75, 3.05) is 20.5 Å². The van der Waals surface area contributed by atoms with E-state index in [2.05, 4.69) is 54.3 Å². The lowest BCUT2D eigenvalue weighted by molar-refractivity contribution is -0.117. The predicted molar refractivity (Wildman–Crippen MR) is 117 cm³/mol. The van der Waals surface area contributed by atoms with Gasteiger partial charge in [-0.25, -0.2) is 0 Å². The van der Waals surface area contributed by atoms with Gasteiger partial charge < -0.3 is 13.9 Å². The van der Waals surface area contributed by atoms with Crippen molar-refractivity contribution in [3.8, 4) is 0 Å². The minimum absolute atomic E-state index is 0.0973. The van der Waals surface area contributed by atoms with Gasteiger partial charge in [0.05, 0.1) is 6.61 Å². The molecule has 2 aliphatic rings. The van der Waals surface area contributed by atoms with E-state index in [1.54, 1.807) is 7.11 Å². The summed E-state index contributed by atoms with van der Waals surface area (Å²) < 4.78 is 17.9. The SMILES string of the molecule is C=CC[C@@]12CC(=O)C=C1[C@@](C)(COCOC)[C@@H](C)[C@@H](O[Si](C)(C)C(C)(C)C)C2. The van der Waals surface area contributed by atoms with Crippen molar-refractivity contribution in [3.63, 3.8) is 0 Å². The molecule has 0 radical (unpaired) electrons. The highest BCUT2D eigenvalue weighted by Gasteiger charge is 2.58. The van der Waals surface area contributed by atoms with Crippen LogP contribution in [0.2, 0.25) is 18.1 Å². The van der Waals surface area contributed by atoms with E-state index in [-0.39, 0.29) is 40.5 Å². The summed E-state index contributed by atoms with van der Waals surface area (Å²) in [6.07, 6.45) is 6.18. The van der Waals surface area contributed by atoms with Crippen molar-refractivity contribution >= 4 is 14.1 Å². The first-order chi connectivity index (χ1) is 12.8. The molecule has 1 saturated carbocycles. The van der Waals surface area contributed by atoms with Crippen LogP contribution in [0.4, 0.5) is 0 Å². The van der Waals surface area contributed by atoms with E-state index in [1.807, 2.05) is 12.2 Å². The number of methoxy groups -OCH3 is 1. The summed E-state index contributed by atoms with van der Waals surface area (Å²) >= 11 is 0. The van der Waals surface area contributed by atoms with Gasteiger partial charge in [0, 0.05) is 30.5 Å². The van der Waals surface area contributed by atoms with Crippen molar-refractivity contribution in [1.29, 1.82) is 0 Å². The molecular weight excluding hydrogens is 368 g/mol. The first kappa shape index (κ1) is 23.5. The Labute approximate surface area is 172 Å². The molecular formula is C23H40O4Si. The third kappa shape index (κ3) is 4.23.